The van der Waals surface area contributed by atoms with Gasteiger partial charge in [0.15, 0.2) is 5.96 Å². The Balaban J connectivity index is 0.00000320. The van der Waals surface area contributed by atoms with Crippen LogP contribution < -0.4 is 10.1 Å². The molecule has 2 aliphatic rings. The summed E-state index contributed by atoms with van der Waals surface area (Å²) < 4.78 is 5.29. The Morgan fingerprint density at radius 1 is 1.13 bits per heavy atom. The number of hydrogen-bond acceptors (Lipinski definition) is 4. The molecular weight excluding hydrogens is 493 g/mol. The maximum Gasteiger partial charge on any atom is 0.239 e. The highest BCUT2D eigenvalue weighted by molar-refractivity contribution is 14.0. The van der Waals surface area contributed by atoms with Crippen molar-refractivity contribution >= 4 is 35.8 Å². The number of methoxy groups -OCH3 is 1. The number of piperazine rings is 1. The number of rotatable bonds is 6. The minimum absolute atomic E-state index is 0. The zero-order valence-electron chi connectivity index (χ0n) is 18.5. The predicted molar refractivity (Wildman–Crippen MR) is 132 cm³/mol. The monoisotopic (exact) mass is 529 g/mol. The molecule has 0 radical (unpaired) electrons. The number of halogens is 1. The van der Waals surface area contributed by atoms with Crippen LogP contribution in [0.15, 0.2) is 29.3 Å². The molecule has 7 nitrogen and oxygen atoms in total. The van der Waals surface area contributed by atoms with E-state index in [0.717, 1.165) is 76.8 Å². The first kappa shape index (κ1) is 24.7. The van der Waals surface area contributed by atoms with Crippen molar-refractivity contribution in [2.45, 2.75) is 32.2 Å². The van der Waals surface area contributed by atoms with Gasteiger partial charge >= 0.3 is 0 Å². The standard InChI is InChI=1S/C22H35N5O2.HI/c1-18(21(28)26-11-4-5-12-26)25-13-15-27(16-14-25)22(23-2)24-10-9-19-7-6-8-20(17-19)29-3;/h6-8,17-18H,4-5,9-16H2,1-3H3,(H,23,24);1H. The summed E-state index contributed by atoms with van der Waals surface area (Å²) in [7, 11) is 3.53. The van der Waals surface area contributed by atoms with Crippen LogP contribution in [-0.2, 0) is 11.2 Å². The van der Waals surface area contributed by atoms with Crippen molar-refractivity contribution in [1.82, 2.24) is 20.0 Å². The molecule has 0 aromatic heterocycles. The first-order chi connectivity index (χ1) is 14.1. The third-order valence-electron chi connectivity index (χ3n) is 5.98. The van der Waals surface area contributed by atoms with Gasteiger partial charge in [-0.3, -0.25) is 14.7 Å². The van der Waals surface area contributed by atoms with Crippen LogP contribution in [0, 0.1) is 0 Å². The second-order valence-electron chi connectivity index (χ2n) is 7.81. The van der Waals surface area contributed by atoms with Gasteiger partial charge in [-0.2, -0.15) is 0 Å². The highest BCUT2D eigenvalue weighted by atomic mass is 127. The van der Waals surface area contributed by atoms with E-state index in [9.17, 15) is 4.79 Å². The molecule has 1 N–H and O–H groups in total. The summed E-state index contributed by atoms with van der Waals surface area (Å²) in [6.45, 7) is 8.27. The average molecular weight is 529 g/mol. The number of carbonyl (C=O) groups is 1. The molecule has 1 aromatic rings. The topological polar surface area (TPSA) is 60.4 Å². The van der Waals surface area contributed by atoms with Crippen molar-refractivity contribution in [1.29, 1.82) is 0 Å². The second-order valence-corrected chi connectivity index (χ2v) is 7.81. The van der Waals surface area contributed by atoms with Crippen molar-refractivity contribution in [3.8, 4) is 5.75 Å². The zero-order chi connectivity index (χ0) is 20.6. The van der Waals surface area contributed by atoms with Gasteiger partial charge in [0.05, 0.1) is 13.2 Å². The normalized spacial score (nSPS) is 18.7. The molecular formula is C22H36IN5O2. The molecule has 2 fully saturated rings. The van der Waals surface area contributed by atoms with Crippen molar-refractivity contribution in [3.63, 3.8) is 0 Å². The van der Waals surface area contributed by atoms with Crippen LogP contribution in [0.2, 0.25) is 0 Å². The molecule has 168 valence electrons. The Hall–Kier alpha value is -1.55. The maximum atomic E-state index is 12.7. The van der Waals surface area contributed by atoms with E-state index < -0.39 is 0 Å². The fraction of sp³-hybridized carbons (Fsp3) is 0.636. The fourth-order valence-corrected chi connectivity index (χ4v) is 4.16. The summed E-state index contributed by atoms with van der Waals surface area (Å²) >= 11 is 0. The summed E-state index contributed by atoms with van der Waals surface area (Å²) in [4.78, 5) is 23.7. The van der Waals surface area contributed by atoms with Crippen LogP contribution in [0.3, 0.4) is 0 Å². The molecule has 2 heterocycles. The number of aliphatic imine (C=N–C) groups is 1. The van der Waals surface area contributed by atoms with Gasteiger partial charge in [-0.25, -0.2) is 0 Å². The van der Waals surface area contributed by atoms with Crippen LogP contribution in [0.1, 0.15) is 25.3 Å². The van der Waals surface area contributed by atoms with Gasteiger partial charge in [-0.05, 0) is 43.9 Å². The summed E-state index contributed by atoms with van der Waals surface area (Å²) in [5.74, 6) is 2.11. The molecule has 0 saturated carbocycles. The Morgan fingerprint density at radius 3 is 2.47 bits per heavy atom. The van der Waals surface area contributed by atoms with E-state index in [-0.39, 0.29) is 35.9 Å². The van der Waals surface area contributed by atoms with Crippen LogP contribution in [0.5, 0.6) is 5.75 Å². The summed E-state index contributed by atoms with van der Waals surface area (Å²) in [5.41, 5.74) is 1.24. The summed E-state index contributed by atoms with van der Waals surface area (Å²) in [5, 5.41) is 3.48. The molecule has 1 aromatic carbocycles. The molecule has 1 atom stereocenters. The number of hydrogen-bond donors (Lipinski definition) is 1. The third kappa shape index (κ3) is 6.47. The molecule has 1 amide bonds. The van der Waals surface area contributed by atoms with Gasteiger partial charge in [-0.1, -0.05) is 12.1 Å². The van der Waals surface area contributed by atoms with E-state index in [1.807, 2.05) is 24.1 Å². The van der Waals surface area contributed by atoms with E-state index in [1.165, 1.54) is 5.56 Å². The molecule has 0 bridgehead atoms. The number of amides is 1. The number of nitrogens with zero attached hydrogens (tertiary/aromatic N) is 4. The van der Waals surface area contributed by atoms with Gasteiger partial charge in [0.25, 0.3) is 0 Å². The minimum Gasteiger partial charge on any atom is -0.497 e. The maximum absolute atomic E-state index is 12.7. The lowest BCUT2D eigenvalue weighted by Crippen LogP contribution is -2.57. The van der Waals surface area contributed by atoms with Crippen molar-refractivity contribution in [2.24, 2.45) is 4.99 Å². The van der Waals surface area contributed by atoms with Crippen molar-refractivity contribution in [2.75, 3.05) is 60.0 Å². The van der Waals surface area contributed by atoms with Gasteiger partial charge in [0.2, 0.25) is 5.91 Å². The van der Waals surface area contributed by atoms with Crippen LogP contribution in [-0.4, -0.2) is 92.6 Å². The number of carbonyl (C=O) groups excluding carboxylic acids is 1. The van der Waals surface area contributed by atoms with E-state index in [4.69, 9.17) is 4.74 Å². The third-order valence-corrected chi connectivity index (χ3v) is 5.98. The van der Waals surface area contributed by atoms with E-state index in [2.05, 4.69) is 39.2 Å². The Kier molecular flexibility index (Phi) is 10.2. The quantitative estimate of drug-likeness (QED) is 0.348. The average Bonchev–Trinajstić information content (AvgIpc) is 3.31. The minimum atomic E-state index is -0.0294. The molecule has 0 aliphatic carbocycles. The molecule has 30 heavy (non-hydrogen) atoms. The molecule has 3 rings (SSSR count). The van der Waals surface area contributed by atoms with Crippen molar-refractivity contribution < 1.29 is 9.53 Å². The number of nitrogens with one attached hydrogen (secondary N) is 1. The van der Waals surface area contributed by atoms with E-state index in [0.29, 0.717) is 0 Å². The van der Waals surface area contributed by atoms with Gasteiger partial charge < -0.3 is 19.9 Å². The van der Waals surface area contributed by atoms with Crippen molar-refractivity contribution in [3.05, 3.63) is 29.8 Å². The van der Waals surface area contributed by atoms with Crippen LogP contribution in [0.4, 0.5) is 0 Å². The molecule has 2 aliphatic heterocycles. The molecule has 2 saturated heterocycles. The lowest BCUT2D eigenvalue weighted by molar-refractivity contribution is -0.135. The molecule has 1 unspecified atom stereocenters. The Labute approximate surface area is 197 Å². The molecule has 8 heteroatoms. The number of benzene rings is 1. The summed E-state index contributed by atoms with van der Waals surface area (Å²) in [6, 6.07) is 8.14. The smallest absolute Gasteiger partial charge is 0.239 e. The second kappa shape index (κ2) is 12.3. The van der Waals surface area contributed by atoms with Crippen LogP contribution >= 0.6 is 24.0 Å². The highest BCUT2D eigenvalue weighted by Crippen LogP contribution is 2.15. The van der Waals surface area contributed by atoms with Gasteiger partial charge in [-0.15, -0.1) is 24.0 Å². The first-order valence-corrected chi connectivity index (χ1v) is 10.7. The van der Waals surface area contributed by atoms with E-state index in [1.54, 1.807) is 7.11 Å². The lowest BCUT2D eigenvalue weighted by atomic mass is 10.1. The number of likely N-dealkylation sites (tertiary alicyclic amines) is 1. The highest BCUT2D eigenvalue weighted by Gasteiger charge is 2.30. The summed E-state index contributed by atoms with van der Waals surface area (Å²) in [6.07, 6.45) is 3.20. The van der Waals surface area contributed by atoms with Crippen LogP contribution in [0.25, 0.3) is 0 Å². The first-order valence-electron chi connectivity index (χ1n) is 10.7. The predicted octanol–water partition coefficient (Wildman–Crippen LogP) is 2.06. The Morgan fingerprint density at radius 2 is 1.83 bits per heavy atom. The number of ether oxygens (including phenoxy) is 1. The molecule has 0 spiro atoms. The lowest BCUT2D eigenvalue weighted by Gasteiger charge is -2.39. The SMILES string of the molecule is CN=C(NCCc1cccc(OC)c1)N1CCN(C(C)C(=O)N2CCCC2)CC1.I. The fourth-order valence-electron chi connectivity index (χ4n) is 4.16. The Bertz CT molecular complexity index is 701. The van der Waals surface area contributed by atoms with Gasteiger partial charge in [0, 0.05) is 52.9 Å². The number of guanidine groups is 1. The van der Waals surface area contributed by atoms with E-state index >= 15 is 0 Å². The van der Waals surface area contributed by atoms with Gasteiger partial charge in [0.1, 0.15) is 5.75 Å². The largest absolute Gasteiger partial charge is 0.497 e. The zero-order valence-corrected chi connectivity index (χ0v) is 20.8.